The summed E-state index contributed by atoms with van der Waals surface area (Å²) in [6.45, 7) is -0.0805. The average molecular weight is 482 g/mol. The van der Waals surface area contributed by atoms with Crippen LogP contribution in [0.4, 0.5) is 10.1 Å². The van der Waals surface area contributed by atoms with Crippen molar-refractivity contribution in [3.8, 4) is 0 Å². The number of rotatable bonds is 6. The SMILES string of the molecule is NS(=O)(=O)c1ccc(N2C(=O)CC(N(Cc3cccnc3)C(=O)c3ccccc3F)C2=O)cc1. The van der Waals surface area contributed by atoms with Crippen molar-refractivity contribution in [1.82, 2.24) is 9.88 Å². The van der Waals surface area contributed by atoms with Gasteiger partial charge in [0.1, 0.15) is 11.9 Å². The van der Waals surface area contributed by atoms with Gasteiger partial charge in [0, 0.05) is 18.9 Å². The van der Waals surface area contributed by atoms with Gasteiger partial charge in [-0.25, -0.2) is 22.8 Å². The number of anilines is 1. The number of benzene rings is 2. The van der Waals surface area contributed by atoms with Gasteiger partial charge in [-0.2, -0.15) is 0 Å². The molecule has 1 atom stereocenters. The van der Waals surface area contributed by atoms with Gasteiger partial charge in [0.25, 0.3) is 11.8 Å². The average Bonchev–Trinajstić information content (AvgIpc) is 3.11. The van der Waals surface area contributed by atoms with Crippen LogP contribution in [0.15, 0.2) is 78.0 Å². The van der Waals surface area contributed by atoms with E-state index in [1.54, 1.807) is 18.3 Å². The molecule has 2 heterocycles. The number of carbonyl (C=O) groups excluding carboxylic acids is 3. The van der Waals surface area contributed by atoms with E-state index in [0.29, 0.717) is 5.56 Å². The summed E-state index contributed by atoms with van der Waals surface area (Å²) in [6.07, 6.45) is 2.73. The van der Waals surface area contributed by atoms with Gasteiger partial charge >= 0.3 is 0 Å². The van der Waals surface area contributed by atoms with Crippen LogP contribution in [-0.4, -0.2) is 42.1 Å². The molecule has 1 saturated heterocycles. The highest BCUT2D eigenvalue weighted by atomic mass is 32.2. The predicted octanol–water partition coefficient (Wildman–Crippen LogP) is 1.84. The molecule has 1 unspecified atom stereocenters. The molecule has 4 rings (SSSR count). The van der Waals surface area contributed by atoms with E-state index in [1.165, 1.54) is 48.7 Å². The maximum atomic E-state index is 14.4. The maximum absolute atomic E-state index is 14.4. The van der Waals surface area contributed by atoms with Gasteiger partial charge in [0.05, 0.1) is 22.6 Å². The Bertz CT molecular complexity index is 1360. The van der Waals surface area contributed by atoms with Crippen LogP contribution in [0.25, 0.3) is 0 Å². The van der Waals surface area contributed by atoms with Crippen LogP contribution in [0.2, 0.25) is 0 Å². The number of hydrogen-bond donors (Lipinski definition) is 1. The van der Waals surface area contributed by atoms with Crippen LogP contribution in [0.5, 0.6) is 0 Å². The molecule has 174 valence electrons. The number of amides is 3. The summed E-state index contributed by atoms with van der Waals surface area (Å²) in [5.74, 6) is -2.78. The van der Waals surface area contributed by atoms with Gasteiger partial charge < -0.3 is 4.90 Å². The number of imide groups is 1. The Morgan fingerprint density at radius 2 is 1.79 bits per heavy atom. The minimum Gasteiger partial charge on any atom is -0.322 e. The number of pyridine rings is 1. The molecule has 3 amide bonds. The number of halogens is 1. The number of primary sulfonamides is 1. The molecule has 3 aromatic rings. The minimum absolute atomic E-state index is 0.0805. The molecule has 0 spiro atoms. The minimum atomic E-state index is -3.96. The third kappa shape index (κ3) is 4.56. The first-order valence-corrected chi connectivity index (χ1v) is 11.7. The largest absolute Gasteiger partial charge is 0.322 e. The molecule has 34 heavy (non-hydrogen) atoms. The molecule has 2 aromatic carbocycles. The second kappa shape index (κ2) is 9.12. The lowest BCUT2D eigenvalue weighted by molar-refractivity contribution is -0.122. The Morgan fingerprint density at radius 3 is 2.41 bits per heavy atom. The van der Waals surface area contributed by atoms with E-state index in [9.17, 15) is 27.2 Å². The molecule has 0 radical (unpaired) electrons. The summed E-state index contributed by atoms with van der Waals surface area (Å²) >= 11 is 0. The molecule has 1 aliphatic heterocycles. The van der Waals surface area contributed by atoms with Crippen LogP contribution < -0.4 is 10.0 Å². The van der Waals surface area contributed by atoms with Gasteiger partial charge in [0.2, 0.25) is 15.9 Å². The zero-order chi connectivity index (χ0) is 24.5. The Kier molecular flexibility index (Phi) is 6.22. The molecule has 9 nitrogen and oxygen atoms in total. The molecule has 2 N–H and O–H groups in total. The fourth-order valence-corrected chi connectivity index (χ4v) is 4.23. The van der Waals surface area contributed by atoms with Crippen molar-refractivity contribution in [2.75, 3.05) is 4.90 Å². The number of aromatic nitrogens is 1. The smallest absolute Gasteiger partial charge is 0.257 e. The third-order valence-corrected chi connectivity index (χ3v) is 6.29. The van der Waals surface area contributed by atoms with E-state index < -0.39 is 39.6 Å². The maximum Gasteiger partial charge on any atom is 0.257 e. The lowest BCUT2D eigenvalue weighted by atomic mass is 10.1. The monoisotopic (exact) mass is 482 g/mol. The van der Waals surface area contributed by atoms with Crippen molar-refractivity contribution in [3.05, 3.63) is 90.0 Å². The molecule has 1 aromatic heterocycles. The summed E-state index contributed by atoms with van der Waals surface area (Å²) in [6, 6.07) is 12.4. The normalized spacial score (nSPS) is 16.1. The van der Waals surface area contributed by atoms with Crippen LogP contribution in [-0.2, 0) is 26.2 Å². The van der Waals surface area contributed by atoms with Crippen molar-refractivity contribution < 1.29 is 27.2 Å². The van der Waals surface area contributed by atoms with Crippen molar-refractivity contribution >= 4 is 33.4 Å². The highest BCUT2D eigenvalue weighted by Gasteiger charge is 2.45. The molecular weight excluding hydrogens is 463 g/mol. The lowest BCUT2D eigenvalue weighted by Crippen LogP contribution is -2.45. The molecule has 0 bridgehead atoms. The number of carbonyl (C=O) groups is 3. The van der Waals surface area contributed by atoms with E-state index in [4.69, 9.17) is 5.14 Å². The number of hydrogen-bond acceptors (Lipinski definition) is 6. The Labute approximate surface area is 194 Å². The first-order chi connectivity index (χ1) is 16.2. The van der Waals surface area contributed by atoms with E-state index in [1.807, 2.05) is 0 Å². The fraction of sp³-hybridized carbons (Fsp3) is 0.130. The standard InChI is InChI=1S/C23H19FN4O5S/c24-19-6-2-1-5-18(19)22(30)27(14-15-4-3-11-26-13-15)20-12-21(29)28(23(20)31)16-7-9-17(10-8-16)34(25,32)33/h1-11,13,20H,12,14H2,(H2,25,32,33). The number of sulfonamides is 1. The van der Waals surface area contributed by atoms with Crippen molar-refractivity contribution in [2.45, 2.75) is 23.9 Å². The van der Waals surface area contributed by atoms with Crippen molar-refractivity contribution in [1.29, 1.82) is 0 Å². The second-order valence-electron chi connectivity index (χ2n) is 7.60. The fourth-order valence-electron chi connectivity index (χ4n) is 3.72. The first-order valence-electron chi connectivity index (χ1n) is 10.1. The topological polar surface area (TPSA) is 131 Å². The van der Waals surface area contributed by atoms with Gasteiger partial charge in [-0.15, -0.1) is 0 Å². The Morgan fingerprint density at radius 1 is 1.09 bits per heavy atom. The molecule has 0 saturated carbocycles. The molecule has 1 aliphatic rings. The van der Waals surface area contributed by atoms with E-state index in [-0.39, 0.29) is 29.1 Å². The molecule has 1 fully saturated rings. The first kappa shape index (κ1) is 23.2. The highest BCUT2D eigenvalue weighted by Crippen LogP contribution is 2.29. The van der Waals surface area contributed by atoms with Crippen molar-refractivity contribution in [3.63, 3.8) is 0 Å². The second-order valence-corrected chi connectivity index (χ2v) is 9.16. The van der Waals surface area contributed by atoms with E-state index in [0.717, 1.165) is 15.9 Å². The predicted molar refractivity (Wildman–Crippen MR) is 119 cm³/mol. The molecule has 11 heteroatoms. The van der Waals surface area contributed by atoms with Crippen LogP contribution in [0.3, 0.4) is 0 Å². The van der Waals surface area contributed by atoms with Crippen LogP contribution in [0.1, 0.15) is 22.3 Å². The number of nitrogens with zero attached hydrogens (tertiary/aromatic N) is 3. The van der Waals surface area contributed by atoms with Gasteiger partial charge in [0.15, 0.2) is 0 Å². The summed E-state index contributed by atoms with van der Waals surface area (Å²) < 4.78 is 37.4. The van der Waals surface area contributed by atoms with Crippen LogP contribution in [0, 0.1) is 5.82 Å². The summed E-state index contributed by atoms with van der Waals surface area (Å²) in [4.78, 5) is 45.3. The summed E-state index contributed by atoms with van der Waals surface area (Å²) in [5.41, 5.74) is 0.482. The lowest BCUT2D eigenvalue weighted by Gasteiger charge is -2.28. The van der Waals surface area contributed by atoms with Crippen molar-refractivity contribution in [2.24, 2.45) is 5.14 Å². The van der Waals surface area contributed by atoms with Crippen LogP contribution >= 0.6 is 0 Å². The summed E-state index contributed by atoms with van der Waals surface area (Å²) in [5, 5.41) is 5.10. The molecule has 0 aliphatic carbocycles. The highest BCUT2D eigenvalue weighted by molar-refractivity contribution is 7.89. The Hall–Kier alpha value is -3.96. The quantitative estimate of drug-likeness (QED) is 0.534. The Balaban J connectivity index is 1.69. The van der Waals surface area contributed by atoms with Gasteiger partial charge in [-0.1, -0.05) is 18.2 Å². The summed E-state index contributed by atoms with van der Waals surface area (Å²) in [7, 11) is -3.96. The number of nitrogens with two attached hydrogens (primary N) is 1. The van der Waals surface area contributed by atoms with Gasteiger partial charge in [-0.05, 0) is 48.0 Å². The molecular formula is C23H19FN4O5S. The van der Waals surface area contributed by atoms with E-state index >= 15 is 0 Å². The van der Waals surface area contributed by atoms with Gasteiger partial charge in [-0.3, -0.25) is 19.4 Å². The third-order valence-electron chi connectivity index (χ3n) is 5.36. The zero-order valence-electron chi connectivity index (χ0n) is 17.7. The zero-order valence-corrected chi connectivity index (χ0v) is 18.5. The van der Waals surface area contributed by atoms with E-state index in [2.05, 4.69) is 4.98 Å².